The zero-order chi connectivity index (χ0) is 16.1. The zero-order valence-electron chi connectivity index (χ0n) is 11.8. The van der Waals surface area contributed by atoms with Gasteiger partial charge in [-0.15, -0.1) is 0 Å². The molecule has 0 aliphatic rings. The van der Waals surface area contributed by atoms with E-state index in [1.54, 1.807) is 25.1 Å². The van der Waals surface area contributed by atoms with Gasteiger partial charge in [0.25, 0.3) is 5.91 Å². The van der Waals surface area contributed by atoms with Crippen molar-refractivity contribution in [3.05, 3.63) is 64.4 Å². The maximum Gasteiger partial charge on any atom is 0.251 e. The molecule has 0 saturated heterocycles. The third-order valence-corrected chi connectivity index (χ3v) is 3.19. The van der Waals surface area contributed by atoms with Gasteiger partial charge in [0.1, 0.15) is 5.82 Å². The van der Waals surface area contributed by atoms with Crippen LogP contribution in [0.15, 0.2) is 42.5 Å². The molecule has 2 N–H and O–H groups in total. The lowest BCUT2D eigenvalue weighted by atomic mass is 10.2. The molecule has 0 radical (unpaired) electrons. The summed E-state index contributed by atoms with van der Waals surface area (Å²) in [6, 6.07) is 10.5. The summed E-state index contributed by atoms with van der Waals surface area (Å²) >= 11 is 5.80. The SMILES string of the molecule is Cc1cc(F)ccc1NC(=O)CNC(=O)c1cccc(Cl)c1. The molecule has 0 bridgehead atoms. The summed E-state index contributed by atoms with van der Waals surface area (Å²) in [5, 5.41) is 5.55. The number of hydrogen-bond acceptors (Lipinski definition) is 2. The summed E-state index contributed by atoms with van der Waals surface area (Å²) in [6.45, 7) is 1.49. The number of benzene rings is 2. The van der Waals surface area contributed by atoms with Crippen LogP contribution in [0.1, 0.15) is 15.9 Å². The second-order valence-electron chi connectivity index (χ2n) is 4.70. The van der Waals surface area contributed by atoms with E-state index in [1.807, 2.05) is 0 Å². The molecule has 0 aromatic heterocycles. The van der Waals surface area contributed by atoms with Crippen LogP contribution in [-0.2, 0) is 4.79 Å². The van der Waals surface area contributed by atoms with Gasteiger partial charge >= 0.3 is 0 Å². The lowest BCUT2D eigenvalue weighted by molar-refractivity contribution is -0.115. The first-order valence-electron chi connectivity index (χ1n) is 6.55. The molecule has 0 saturated carbocycles. The highest BCUT2D eigenvalue weighted by molar-refractivity contribution is 6.31. The lowest BCUT2D eigenvalue weighted by Crippen LogP contribution is -2.33. The molecule has 0 atom stereocenters. The van der Waals surface area contributed by atoms with Gasteiger partial charge in [0.2, 0.25) is 5.91 Å². The van der Waals surface area contributed by atoms with Crippen LogP contribution in [0.3, 0.4) is 0 Å². The molecule has 2 aromatic rings. The molecule has 22 heavy (non-hydrogen) atoms. The molecule has 2 amide bonds. The summed E-state index contributed by atoms with van der Waals surface area (Å²) in [4.78, 5) is 23.7. The Morgan fingerprint density at radius 1 is 1.18 bits per heavy atom. The van der Waals surface area contributed by atoms with Gasteiger partial charge in [-0.05, 0) is 48.9 Å². The van der Waals surface area contributed by atoms with Gasteiger partial charge in [-0.3, -0.25) is 9.59 Å². The number of nitrogens with one attached hydrogen (secondary N) is 2. The van der Waals surface area contributed by atoms with Gasteiger partial charge in [0, 0.05) is 16.3 Å². The van der Waals surface area contributed by atoms with Crippen LogP contribution in [0.5, 0.6) is 0 Å². The Kier molecular flexibility index (Phi) is 5.12. The number of amides is 2. The largest absolute Gasteiger partial charge is 0.343 e. The smallest absolute Gasteiger partial charge is 0.251 e. The van der Waals surface area contributed by atoms with Gasteiger partial charge in [-0.25, -0.2) is 4.39 Å². The average Bonchev–Trinajstić information content (AvgIpc) is 2.47. The van der Waals surface area contributed by atoms with Crippen LogP contribution in [-0.4, -0.2) is 18.4 Å². The first-order chi connectivity index (χ1) is 10.5. The number of carbonyl (C=O) groups excluding carboxylic acids is 2. The van der Waals surface area contributed by atoms with Crippen molar-refractivity contribution in [3.63, 3.8) is 0 Å². The van der Waals surface area contributed by atoms with Crippen molar-refractivity contribution < 1.29 is 14.0 Å². The van der Waals surface area contributed by atoms with Crippen LogP contribution in [0.25, 0.3) is 0 Å². The maximum atomic E-state index is 13.0. The van der Waals surface area contributed by atoms with E-state index in [2.05, 4.69) is 10.6 Å². The van der Waals surface area contributed by atoms with E-state index in [4.69, 9.17) is 11.6 Å². The highest BCUT2D eigenvalue weighted by Gasteiger charge is 2.09. The third kappa shape index (κ3) is 4.30. The van der Waals surface area contributed by atoms with E-state index in [1.165, 1.54) is 24.3 Å². The van der Waals surface area contributed by atoms with E-state index in [-0.39, 0.29) is 12.4 Å². The number of hydrogen-bond donors (Lipinski definition) is 2. The molecule has 2 rings (SSSR count). The van der Waals surface area contributed by atoms with Crippen LogP contribution in [0, 0.1) is 12.7 Å². The fourth-order valence-electron chi connectivity index (χ4n) is 1.85. The first kappa shape index (κ1) is 16.0. The molecule has 114 valence electrons. The molecule has 0 aliphatic carbocycles. The van der Waals surface area contributed by atoms with Gasteiger partial charge < -0.3 is 10.6 Å². The Morgan fingerprint density at radius 3 is 2.64 bits per heavy atom. The molecule has 0 fully saturated rings. The fourth-order valence-corrected chi connectivity index (χ4v) is 2.04. The van der Waals surface area contributed by atoms with Crippen LogP contribution in [0.2, 0.25) is 5.02 Å². The predicted octanol–water partition coefficient (Wildman–Crippen LogP) is 3.16. The van der Waals surface area contributed by atoms with E-state index in [0.717, 1.165) is 0 Å². The molecule has 2 aromatic carbocycles. The molecule has 4 nitrogen and oxygen atoms in total. The molecule has 0 aliphatic heterocycles. The minimum Gasteiger partial charge on any atom is -0.343 e. The first-order valence-corrected chi connectivity index (χ1v) is 6.93. The normalized spacial score (nSPS) is 10.1. The minimum atomic E-state index is -0.398. The Hall–Kier alpha value is -2.40. The van der Waals surface area contributed by atoms with Crippen molar-refractivity contribution in [1.82, 2.24) is 5.32 Å². The molecule has 0 heterocycles. The summed E-state index contributed by atoms with van der Waals surface area (Å²) < 4.78 is 13.0. The molecule has 0 unspecified atom stereocenters. The Morgan fingerprint density at radius 2 is 1.95 bits per heavy atom. The van der Waals surface area contributed by atoms with Crippen molar-refractivity contribution in [2.45, 2.75) is 6.92 Å². The number of rotatable bonds is 4. The maximum absolute atomic E-state index is 13.0. The van der Waals surface area contributed by atoms with Gasteiger partial charge in [-0.2, -0.15) is 0 Å². The fraction of sp³-hybridized carbons (Fsp3) is 0.125. The molecule has 0 spiro atoms. The minimum absolute atomic E-state index is 0.192. The Labute approximate surface area is 132 Å². The topological polar surface area (TPSA) is 58.2 Å². The predicted molar refractivity (Wildman–Crippen MR) is 83.6 cm³/mol. The van der Waals surface area contributed by atoms with E-state index < -0.39 is 11.8 Å². The summed E-state index contributed by atoms with van der Waals surface area (Å²) in [5.74, 6) is -1.16. The lowest BCUT2D eigenvalue weighted by Gasteiger charge is -2.09. The number of carbonyl (C=O) groups is 2. The third-order valence-electron chi connectivity index (χ3n) is 2.96. The standard InChI is InChI=1S/C16H14ClFN2O2/c1-10-7-13(18)5-6-14(10)20-15(21)9-19-16(22)11-3-2-4-12(17)8-11/h2-8H,9H2,1H3,(H,19,22)(H,20,21). The second kappa shape index (κ2) is 7.04. The molecular formula is C16H14ClFN2O2. The van der Waals surface area contributed by atoms with Crippen molar-refractivity contribution in [3.8, 4) is 0 Å². The van der Waals surface area contributed by atoms with Crippen molar-refractivity contribution in [2.75, 3.05) is 11.9 Å². The Balaban J connectivity index is 1.91. The number of halogens is 2. The van der Waals surface area contributed by atoms with Crippen LogP contribution < -0.4 is 10.6 Å². The number of anilines is 1. The van der Waals surface area contributed by atoms with Crippen molar-refractivity contribution >= 4 is 29.1 Å². The number of aryl methyl sites for hydroxylation is 1. The molecular weight excluding hydrogens is 307 g/mol. The summed E-state index contributed by atoms with van der Waals surface area (Å²) in [5.41, 5.74) is 1.48. The quantitative estimate of drug-likeness (QED) is 0.909. The highest BCUT2D eigenvalue weighted by atomic mass is 35.5. The average molecular weight is 321 g/mol. The van der Waals surface area contributed by atoms with E-state index in [9.17, 15) is 14.0 Å². The van der Waals surface area contributed by atoms with Crippen LogP contribution >= 0.6 is 11.6 Å². The van der Waals surface area contributed by atoms with Crippen LogP contribution in [0.4, 0.5) is 10.1 Å². The van der Waals surface area contributed by atoms with Crippen molar-refractivity contribution in [1.29, 1.82) is 0 Å². The van der Waals surface area contributed by atoms with E-state index in [0.29, 0.717) is 21.8 Å². The van der Waals surface area contributed by atoms with Gasteiger partial charge in [0.05, 0.1) is 6.54 Å². The van der Waals surface area contributed by atoms with Gasteiger partial charge in [-0.1, -0.05) is 17.7 Å². The zero-order valence-corrected chi connectivity index (χ0v) is 12.6. The highest BCUT2D eigenvalue weighted by Crippen LogP contribution is 2.15. The van der Waals surface area contributed by atoms with E-state index >= 15 is 0 Å². The Bertz CT molecular complexity index is 719. The molecule has 6 heteroatoms. The summed E-state index contributed by atoms with van der Waals surface area (Å²) in [7, 11) is 0. The van der Waals surface area contributed by atoms with Crippen molar-refractivity contribution in [2.24, 2.45) is 0 Å². The second-order valence-corrected chi connectivity index (χ2v) is 5.14. The summed E-state index contributed by atoms with van der Waals surface area (Å²) in [6.07, 6.45) is 0. The van der Waals surface area contributed by atoms with Gasteiger partial charge in [0.15, 0.2) is 0 Å². The monoisotopic (exact) mass is 320 g/mol.